The Bertz CT molecular complexity index is 487. The highest BCUT2D eigenvalue weighted by Crippen LogP contribution is 2.17. The number of allylic oxidation sites excluding steroid dienone is 3. The predicted octanol–water partition coefficient (Wildman–Crippen LogP) is 2.41. The van der Waals surface area contributed by atoms with Gasteiger partial charge in [-0.25, -0.2) is 4.79 Å². The van der Waals surface area contributed by atoms with Crippen LogP contribution in [0.5, 0.6) is 0 Å². The molecule has 0 spiro atoms. The summed E-state index contributed by atoms with van der Waals surface area (Å²) in [6, 6.07) is 0. The molecule has 5 nitrogen and oxygen atoms in total. The van der Waals surface area contributed by atoms with E-state index >= 15 is 0 Å². The van der Waals surface area contributed by atoms with Gasteiger partial charge in [0.2, 0.25) is 11.6 Å². The lowest BCUT2D eigenvalue weighted by Gasteiger charge is -2.24. The summed E-state index contributed by atoms with van der Waals surface area (Å²) in [7, 11) is 0. The van der Waals surface area contributed by atoms with Gasteiger partial charge in [-0.3, -0.25) is 9.59 Å². The lowest BCUT2D eigenvalue weighted by Crippen LogP contribution is -2.35. The number of nitrogens with zero attached hydrogens (tertiary/aromatic N) is 1. The predicted molar refractivity (Wildman–Crippen MR) is 84.2 cm³/mol. The van der Waals surface area contributed by atoms with E-state index in [0.29, 0.717) is 18.8 Å². The monoisotopic (exact) mass is 307 g/mol. The molecule has 0 aromatic carbocycles. The summed E-state index contributed by atoms with van der Waals surface area (Å²) in [6.45, 7) is 7.46. The molecule has 0 aromatic heterocycles. The third kappa shape index (κ3) is 4.55. The largest absolute Gasteiger partial charge is 0.462 e. The number of esters is 1. The fourth-order valence-corrected chi connectivity index (χ4v) is 2.30. The number of rotatable bonds is 9. The van der Waals surface area contributed by atoms with Crippen LogP contribution in [0.25, 0.3) is 0 Å². The van der Waals surface area contributed by atoms with Crippen molar-refractivity contribution in [3.8, 4) is 0 Å². The van der Waals surface area contributed by atoms with Crippen molar-refractivity contribution >= 4 is 17.5 Å². The van der Waals surface area contributed by atoms with E-state index in [1.54, 1.807) is 4.90 Å². The van der Waals surface area contributed by atoms with Crippen LogP contribution in [0.2, 0.25) is 0 Å². The van der Waals surface area contributed by atoms with Crippen molar-refractivity contribution in [2.24, 2.45) is 0 Å². The summed E-state index contributed by atoms with van der Waals surface area (Å²) in [5.74, 6) is -2.11. The van der Waals surface area contributed by atoms with Crippen LogP contribution in [-0.2, 0) is 19.1 Å². The van der Waals surface area contributed by atoms with Crippen LogP contribution in [0.3, 0.4) is 0 Å². The second kappa shape index (κ2) is 9.18. The fourth-order valence-electron chi connectivity index (χ4n) is 2.30. The molecule has 22 heavy (non-hydrogen) atoms. The number of ketones is 2. The summed E-state index contributed by atoms with van der Waals surface area (Å²) in [5.41, 5.74) is 0.172. The average Bonchev–Trinajstić information content (AvgIpc) is 2.52. The van der Waals surface area contributed by atoms with Gasteiger partial charge in [0.25, 0.3) is 0 Å². The normalized spacial score (nSPS) is 14.5. The van der Waals surface area contributed by atoms with Crippen molar-refractivity contribution in [1.82, 2.24) is 4.90 Å². The van der Waals surface area contributed by atoms with Crippen molar-refractivity contribution in [1.29, 1.82) is 0 Å². The van der Waals surface area contributed by atoms with Gasteiger partial charge in [0.05, 0.1) is 12.3 Å². The van der Waals surface area contributed by atoms with Crippen LogP contribution < -0.4 is 0 Å². The molecule has 0 N–H and O–H groups in total. The Kier molecular flexibility index (Phi) is 7.57. The topological polar surface area (TPSA) is 63.7 Å². The van der Waals surface area contributed by atoms with Crippen LogP contribution in [0.4, 0.5) is 0 Å². The summed E-state index contributed by atoms with van der Waals surface area (Å²) in [6.07, 6.45) is 6.88. The molecule has 0 unspecified atom stereocenters. The highest BCUT2D eigenvalue weighted by molar-refractivity contribution is 6.54. The van der Waals surface area contributed by atoms with E-state index in [1.807, 2.05) is 13.8 Å². The van der Waals surface area contributed by atoms with Gasteiger partial charge in [0.15, 0.2) is 0 Å². The molecule has 1 rings (SSSR count). The second-order valence-electron chi connectivity index (χ2n) is 5.16. The van der Waals surface area contributed by atoms with Crippen molar-refractivity contribution in [2.45, 2.75) is 46.5 Å². The van der Waals surface area contributed by atoms with Crippen LogP contribution >= 0.6 is 0 Å². The Labute approximate surface area is 132 Å². The minimum Gasteiger partial charge on any atom is -0.462 e. The zero-order valence-corrected chi connectivity index (χ0v) is 13.7. The fraction of sp³-hybridized carbons (Fsp3) is 0.588. The zero-order valence-electron chi connectivity index (χ0n) is 13.7. The van der Waals surface area contributed by atoms with Crippen molar-refractivity contribution < 1.29 is 19.1 Å². The minimum absolute atomic E-state index is 0.170. The van der Waals surface area contributed by atoms with Gasteiger partial charge in [-0.2, -0.15) is 0 Å². The van der Waals surface area contributed by atoms with E-state index in [9.17, 15) is 14.4 Å². The Balaban J connectivity index is 2.69. The summed E-state index contributed by atoms with van der Waals surface area (Å²) >= 11 is 0. The molecule has 0 fully saturated rings. The standard InChI is InChI=1S/C17H25NO4/c1-4-7-8-9-12-22-17(21)13-10-11-14(16(20)15(13)19)18(5-2)6-3/h10-11H,4-9,12H2,1-3H3. The van der Waals surface area contributed by atoms with E-state index in [2.05, 4.69) is 6.92 Å². The van der Waals surface area contributed by atoms with Gasteiger partial charge in [-0.05, 0) is 32.4 Å². The molecule has 0 aromatic rings. The van der Waals surface area contributed by atoms with Gasteiger partial charge in [0.1, 0.15) is 5.57 Å². The third-order valence-electron chi connectivity index (χ3n) is 3.65. The van der Waals surface area contributed by atoms with Gasteiger partial charge < -0.3 is 9.64 Å². The smallest absolute Gasteiger partial charge is 0.342 e. The molecular formula is C17H25NO4. The summed E-state index contributed by atoms with van der Waals surface area (Å²) < 4.78 is 5.07. The first kappa shape index (κ1) is 18.1. The van der Waals surface area contributed by atoms with Crippen LogP contribution in [0, 0.1) is 0 Å². The quantitative estimate of drug-likeness (QED) is 0.215. The van der Waals surface area contributed by atoms with Gasteiger partial charge in [0, 0.05) is 13.1 Å². The first-order valence-corrected chi connectivity index (χ1v) is 7.99. The number of carbonyl (C=O) groups excluding carboxylic acids is 3. The molecule has 0 heterocycles. The molecule has 5 heteroatoms. The van der Waals surface area contributed by atoms with Crippen LogP contribution in [-0.4, -0.2) is 42.1 Å². The lowest BCUT2D eigenvalue weighted by molar-refractivity contribution is -0.143. The molecule has 0 saturated carbocycles. The Morgan fingerprint density at radius 2 is 1.68 bits per heavy atom. The second-order valence-corrected chi connectivity index (χ2v) is 5.16. The first-order chi connectivity index (χ1) is 10.6. The van der Waals surface area contributed by atoms with E-state index < -0.39 is 17.5 Å². The van der Waals surface area contributed by atoms with E-state index in [1.165, 1.54) is 12.2 Å². The molecule has 0 atom stereocenters. The lowest BCUT2D eigenvalue weighted by atomic mass is 9.99. The maximum Gasteiger partial charge on any atom is 0.342 e. The minimum atomic E-state index is -0.775. The molecule has 0 saturated heterocycles. The average molecular weight is 307 g/mol. The summed E-state index contributed by atoms with van der Waals surface area (Å²) in [5, 5.41) is 0. The van der Waals surface area contributed by atoms with Gasteiger partial charge in [-0.1, -0.05) is 26.2 Å². The van der Waals surface area contributed by atoms with E-state index in [4.69, 9.17) is 4.74 Å². The van der Waals surface area contributed by atoms with Crippen molar-refractivity contribution in [3.05, 3.63) is 23.4 Å². The number of likely N-dealkylation sites (N-methyl/N-ethyl adjacent to an activating group) is 1. The molecule has 0 bridgehead atoms. The number of Topliss-reactive ketones (excluding diaryl/α,β-unsaturated/α-hetero) is 2. The molecule has 0 amide bonds. The maximum absolute atomic E-state index is 12.1. The highest BCUT2D eigenvalue weighted by Gasteiger charge is 2.32. The van der Waals surface area contributed by atoms with Crippen LogP contribution in [0.15, 0.2) is 23.4 Å². The Morgan fingerprint density at radius 1 is 1.00 bits per heavy atom. The van der Waals surface area contributed by atoms with Gasteiger partial charge >= 0.3 is 5.97 Å². The molecule has 122 valence electrons. The SMILES string of the molecule is CCCCCCOC(=O)C1=CC=C(N(CC)CC)C(=O)C1=O. The first-order valence-electron chi connectivity index (χ1n) is 7.99. The van der Waals surface area contributed by atoms with Crippen molar-refractivity contribution in [3.63, 3.8) is 0 Å². The summed E-state index contributed by atoms with van der Waals surface area (Å²) in [4.78, 5) is 37.9. The van der Waals surface area contributed by atoms with Crippen molar-refractivity contribution in [2.75, 3.05) is 19.7 Å². The number of carbonyl (C=O) groups is 3. The van der Waals surface area contributed by atoms with Crippen LogP contribution in [0.1, 0.15) is 46.5 Å². The Hall–Kier alpha value is -1.91. The number of hydrogen-bond acceptors (Lipinski definition) is 5. The van der Waals surface area contributed by atoms with Gasteiger partial charge in [-0.15, -0.1) is 0 Å². The number of unbranched alkanes of at least 4 members (excludes halogenated alkanes) is 3. The highest BCUT2D eigenvalue weighted by atomic mass is 16.5. The molecule has 1 aliphatic carbocycles. The number of ether oxygens (including phenoxy) is 1. The maximum atomic E-state index is 12.1. The van der Waals surface area contributed by atoms with E-state index in [0.717, 1.165) is 25.7 Å². The molecular weight excluding hydrogens is 282 g/mol. The zero-order chi connectivity index (χ0) is 16.5. The molecule has 1 aliphatic rings. The third-order valence-corrected chi connectivity index (χ3v) is 3.65. The molecule has 0 radical (unpaired) electrons. The Morgan fingerprint density at radius 3 is 2.27 bits per heavy atom. The number of hydrogen-bond donors (Lipinski definition) is 0. The van der Waals surface area contributed by atoms with E-state index in [-0.39, 0.29) is 12.2 Å². The molecule has 0 aliphatic heterocycles.